The van der Waals surface area contributed by atoms with Crippen molar-refractivity contribution < 1.29 is 14.7 Å². The normalized spacial score (nSPS) is 9.86. The van der Waals surface area contributed by atoms with Gasteiger partial charge in [0.25, 0.3) is 5.78 Å². The summed E-state index contributed by atoms with van der Waals surface area (Å²) < 4.78 is 0.435. The van der Waals surface area contributed by atoms with Gasteiger partial charge in [-0.1, -0.05) is 6.07 Å². The van der Waals surface area contributed by atoms with Crippen molar-refractivity contribution in [1.82, 2.24) is 0 Å². The largest absolute Gasteiger partial charge is 0.475 e. The molecule has 0 heterocycles. The topological polar surface area (TPSA) is 80.4 Å². The molecular formula is C9H8BrNO3. The molecule has 0 fully saturated rings. The van der Waals surface area contributed by atoms with E-state index in [0.717, 1.165) is 5.56 Å². The number of rotatable bonds is 2. The smallest absolute Gasteiger partial charge is 0.377 e. The number of anilines is 1. The summed E-state index contributed by atoms with van der Waals surface area (Å²) in [6.07, 6.45) is 0. The number of carbonyl (C=O) groups is 2. The van der Waals surface area contributed by atoms with Crippen molar-refractivity contribution in [1.29, 1.82) is 0 Å². The number of nitrogens with two attached hydrogens (primary N) is 1. The van der Waals surface area contributed by atoms with Crippen molar-refractivity contribution in [2.45, 2.75) is 6.92 Å². The van der Waals surface area contributed by atoms with Gasteiger partial charge in [0.1, 0.15) is 0 Å². The van der Waals surface area contributed by atoms with E-state index >= 15 is 0 Å². The number of aliphatic carboxylic acids is 1. The van der Waals surface area contributed by atoms with Crippen LogP contribution in [0.5, 0.6) is 0 Å². The molecule has 1 rings (SSSR count). The van der Waals surface area contributed by atoms with E-state index in [9.17, 15) is 9.59 Å². The Morgan fingerprint density at radius 2 is 2.00 bits per heavy atom. The number of nitrogen functional groups attached to an aromatic ring is 1. The van der Waals surface area contributed by atoms with Crippen LogP contribution >= 0.6 is 15.9 Å². The second kappa shape index (κ2) is 3.79. The van der Waals surface area contributed by atoms with E-state index in [-0.39, 0.29) is 11.3 Å². The Hall–Kier alpha value is -1.36. The Bertz CT molecular complexity index is 415. The molecule has 0 saturated carbocycles. The minimum atomic E-state index is -1.51. The maximum absolute atomic E-state index is 11.2. The molecule has 0 amide bonds. The van der Waals surface area contributed by atoms with E-state index < -0.39 is 11.8 Å². The fraction of sp³-hybridized carbons (Fsp3) is 0.111. The number of aryl methyl sites for hydroxylation is 1. The highest BCUT2D eigenvalue weighted by Gasteiger charge is 2.21. The van der Waals surface area contributed by atoms with Gasteiger partial charge < -0.3 is 10.8 Å². The molecule has 0 aromatic heterocycles. The van der Waals surface area contributed by atoms with E-state index in [0.29, 0.717) is 4.47 Å². The van der Waals surface area contributed by atoms with Gasteiger partial charge in [0.15, 0.2) is 0 Å². The molecule has 0 atom stereocenters. The number of carboxylic acids is 1. The van der Waals surface area contributed by atoms with E-state index in [1.54, 1.807) is 13.0 Å². The highest BCUT2D eigenvalue weighted by atomic mass is 79.9. The lowest BCUT2D eigenvalue weighted by atomic mass is 10.1. The molecule has 5 heteroatoms. The third-order valence-electron chi connectivity index (χ3n) is 1.79. The van der Waals surface area contributed by atoms with Crippen LogP contribution in [0.25, 0.3) is 0 Å². The summed E-state index contributed by atoms with van der Waals surface area (Å²) >= 11 is 3.14. The van der Waals surface area contributed by atoms with E-state index in [4.69, 9.17) is 10.8 Å². The van der Waals surface area contributed by atoms with Crippen molar-refractivity contribution in [3.05, 3.63) is 27.7 Å². The first-order valence-electron chi connectivity index (χ1n) is 3.77. The number of carboxylic acid groups (broad SMARTS) is 1. The fourth-order valence-electron chi connectivity index (χ4n) is 1.03. The molecule has 0 saturated heterocycles. The lowest BCUT2D eigenvalue weighted by Crippen LogP contribution is -2.15. The van der Waals surface area contributed by atoms with Gasteiger partial charge in [0, 0.05) is 10.2 Å². The summed E-state index contributed by atoms with van der Waals surface area (Å²) in [6, 6.07) is 3.22. The van der Waals surface area contributed by atoms with Gasteiger partial charge in [0.05, 0.1) is 5.56 Å². The van der Waals surface area contributed by atoms with Crippen LogP contribution in [-0.2, 0) is 4.79 Å². The SMILES string of the molecule is Cc1ccc(N)c(C(=O)C(=O)O)c1Br. The van der Waals surface area contributed by atoms with Crippen molar-refractivity contribution >= 4 is 33.4 Å². The summed E-state index contributed by atoms with van der Waals surface area (Å²) in [5, 5.41) is 8.55. The second-order valence-corrected chi connectivity index (χ2v) is 3.59. The van der Waals surface area contributed by atoms with Crippen LogP contribution in [0.1, 0.15) is 15.9 Å². The molecular weight excluding hydrogens is 250 g/mol. The zero-order valence-corrected chi connectivity index (χ0v) is 8.96. The minimum absolute atomic E-state index is 0.0116. The summed E-state index contributed by atoms with van der Waals surface area (Å²) in [6.45, 7) is 1.75. The number of benzene rings is 1. The summed E-state index contributed by atoms with van der Waals surface area (Å²) in [4.78, 5) is 21.7. The highest BCUT2D eigenvalue weighted by Crippen LogP contribution is 2.26. The number of carbonyl (C=O) groups excluding carboxylic acids is 1. The maximum atomic E-state index is 11.2. The molecule has 3 N–H and O–H groups in total. The van der Waals surface area contributed by atoms with Gasteiger partial charge in [0.2, 0.25) is 0 Å². The monoisotopic (exact) mass is 257 g/mol. The molecule has 74 valence electrons. The lowest BCUT2D eigenvalue weighted by Gasteiger charge is -2.06. The van der Waals surface area contributed by atoms with Crippen LogP contribution in [0.3, 0.4) is 0 Å². The van der Waals surface area contributed by atoms with Crippen molar-refractivity contribution in [2.24, 2.45) is 0 Å². The van der Waals surface area contributed by atoms with Crippen LogP contribution in [-0.4, -0.2) is 16.9 Å². The zero-order chi connectivity index (χ0) is 10.9. The van der Waals surface area contributed by atoms with Crippen LogP contribution in [0, 0.1) is 6.92 Å². The summed E-state index contributed by atoms with van der Waals surface area (Å²) in [5.41, 5.74) is 6.46. The van der Waals surface area contributed by atoms with E-state index in [2.05, 4.69) is 15.9 Å². The van der Waals surface area contributed by atoms with Crippen LogP contribution < -0.4 is 5.73 Å². The Kier molecular flexibility index (Phi) is 2.90. The Morgan fingerprint density at radius 3 is 2.50 bits per heavy atom. The Labute approximate surface area is 88.9 Å². The maximum Gasteiger partial charge on any atom is 0.377 e. The molecule has 0 radical (unpaired) electrons. The second-order valence-electron chi connectivity index (χ2n) is 2.79. The van der Waals surface area contributed by atoms with Crippen LogP contribution in [0.4, 0.5) is 5.69 Å². The molecule has 0 aliphatic carbocycles. The van der Waals surface area contributed by atoms with Gasteiger partial charge in [-0.3, -0.25) is 4.79 Å². The summed E-state index contributed by atoms with van der Waals surface area (Å²) in [7, 11) is 0. The highest BCUT2D eigenvalue weighted by molar-refractivity contribution is 9.10. The number of hydrogen-bond donors (Lipinski definition) is 2. The van der Waals surface area contributed by atoms with E-state index in [1.165, 1.54) is 6.07 Å². The molecule has 0 spiro atoms. The molecule has 1 aromatic rings. The van der Waals surface area contributed by atoms with Gasteiger partial charge in [-0.05, 0) is 34.5 Å². The first-order valence-corrected chi connectivity index (χ1v) is 4.56. The van der Waals surface area contributed by atoms with Gasteiger partial charge in [-0.25, -0.2) is 4.79 Å². The van der Waals surface area contributed by atoms with Gasteiger partial charge in [-0.15, -0.1) is 0 Å². The van der Waals surface area contributed by atoms with E-state index in [1.807, 2.05) is 0 Å². The zero-order valence-electron chi connectivity index (χ0n) is 7.37. The molecule has 14 heavy (non-hydrogen) atoms. The average molecular weight is 258 g/mol. The molecule has 0 unspecified atom stereocenters. The lowest BCUT2D eigenvalue weighted by molar-refractivity contribution is -0.131. The van der Waals surface area contributed by atoms with Crippen LogP contribution in [0.15, 0.2) is 16.6 Å². The summed E-state index contributed by atoms with van der Waals surface area (Å²) in [5.74, 6) is -2.51. The fourth-order valence-corrected chi connectivity index (χ4v) is 1.57. The molecule has 4 nitrogen and oxygen atoms in total. The number of Topliss-reactive ketones (excluding diaryl/α,β-unsaturated/α-hetero) is 1. The van der Waals surface area contributed by atoms with Gasteiger partial charge in [-0.2, -0.15) is 0 Å². The average Bonchev–Trinajstić information content (AvgIpc) is 2.12. The number of ketones is 1. The quantitative estimate of drug-likeness (QED) is 0.479. The Balaban J connectivity index is 3.40. The first kappa shape index (κ1) is 10.7. The molecule has 0 aliphatic rings. The van der Waals surface area contributed by atoms with Crippen LogP contribution in [0.2, 0.25) is 0 Å². The Morgan fingerprint density at radius 1 is 1.43 bits per heavy atom. The third-order valence-corrected chi connectivity index (χ3v) is 2.81. The molecule has 0 aliphatic heterocycles. The van der Waals surface area contributed by atoms with Crippen molar-refractivity contribution in [3.63, 3.8) is 0 Å². The third kappa shape index (κ3) is 1.77. The molecule has 1 aromatic carbocycles. The standard InChI is InChI=1S/C9H8BrNO3/c1-4-2-3-5(11)6(7(4)10)8(12)9(13)14/h2-3H,11H2,1H3,(H,13,14). The predicted octanol–water partition coefficient (Wildman–Crippen LogP) is 1.61. The van der Waals surface area contributed by atoms with Crippen molar-refractivity contribution in [2.75, 3.05) is 5.73 Å². The van der Waals surface area contributed by atoms with Crippen molar-refractivity contribution in [3.8, 4) is 0 Å². The first-order chi connectivity index (χ1) is 6.45. The van der Waals surface area contributed by atoms with Gasteiger partial charge >= 0.3 is 5.97 Å². The minimum Gasteiger partial charge on any atom is -0.475 e. The number of hydrogen-bond acceptors (Lipinski definition) is 3. The predicted molar refractivity (Wildman–Crippen MR) is 55.3 cm³/mol. The number of halogens is 1. The molecule has 0 bridgehead atoms.